The second kappa shape index (κ2) is 10.5. The van der Waals surface area contributed by atoms with Crippen molar-refractivity contribution in [3.05, 3.63) is 76.3 Å². The summed E-state index contributed by atoms with van der Waals surface area (Å²) < 4.78 is 0. The van der Waals surface area contributed by atoms with E-state index in [9.17, 15) is 9.90 Å². The number of aromatic hydroxyl groups is 1. The van der Waals surface area contributed by atoms with Gasteiger partial charge in [0.15, 0.2) is 11.4 Å². The van der Waals surface area contributed by atoms with Gasteiger partial charge in [0.2, 0.25) is 5.95 Å². The first-order valence-electron chi connectivity index (χ1n) is 11.5. The van der Waals surface area contributed by atoms with Gasteiger partial charge in [0.25, 0.3) is 5.91 Å². The lowest BCUT2D eigenvalue weighted by Crippen LogP contribution is -2.40. The van der Waals surface area contributed by atoms with Crippen LogP contribution in [0.5, 0.6) is 5.75 Å². The molecule has 0 bridgehead atoms. The normalized spacial score (nSPS) is 14.1. The summed E-state index contributed by atoms with van der Waals surface area (Å²) in [6, 6.07) is 10.7. The smallest absolute Gasteiger partial charge is 0.274 e. The second-order valence-electron chi connectivity index (χ2n) is 8.47. The van der Waals surface area contributed by atoms with Gasteiger partial charge in [0, 0.05) is 59.7 Å². The fourth-order valence-electron chi connectivity index (χ4n) is 4.28. The number of nitrogens with zero attached hydrogens (tertiary/aromatic N) is 5. The van der Waals surface area contributed by atoms with Crippen molar-refractivity contribution in [3.8, 4) is 5.75 Å². The summed E-state index contributed by atoms with van der Waals surface area (Å²) >= 11 is 12.1. The number of carbonyl (C=O) groups is 1. The summed E-state index contributed by atoms with van der Waals surface area (Å²) in [5.74, 6) is 0.443. The first-order chi connectivity index (χ1) is 17.5. The number of fused-ring (bicyclic) bond motifs is 1. The molecule has 1 aromatic carbocycles. The Balaban J connectivity index is 1.36. The van der Waals surface area contributed by atoms with Gasteiger partial charge in [-0.3, -0.25) is 9.78 Å². The number of aromatic nitrogens is 4. The largest absolute Gasteiger partial charge is 0.504 e. The maximum absolute atomic E-state index is 13.1. The van der Waals surface area contributed by atoms with Crippen LogP contribution in [0.15, 0.2) is 55.0 Å². The van der Waals surface area contributed by atoms with Crippen LogP contribution in [0.2, 0.25) is 10.0 Å². The number of hydrogen-bond donors (Lipinski definition) is 3. The number of nitrogens with one attached hydrogen (secondary N) is 2. The van der Waals surface area contributed by atoms with Gasteiger partial charge < -0.3 is 20.6 Å². The van der Waals surface area contributed by atoms with Crippen LogP contribution in [-0.2, 0) is 6.54 Å². The summed E-state index contributed by atoms with van der Waals surface area (Å²) in [7, 11) is 0. The summed E-state index contributed by atoms with van der Waals surface area (Å²) in [5.41, 5.74) is 0.982. The predicted molar refractivity (Wildman–Crippen MR) is 140 cm³/mol. The van der Waals surface area contributed by atoms with Crippen molar-refractivity contribution >= 4 is 51.8 Å². The van der Waals surface area contributed by atoms with Crippen LogP contribution in [0, 0.1) is 0 Å². The van der Waals surface area contributed by atoms with Crippen LogP contribution in [0.4, 0.5) is 11.8 Å². The van der Waals surface area contributed by atoms with E-state index in [1.165, 1.54) is 0 Å². The Hall–Kier alpha value is -3.69. The van der Waals surface area contributed by atoms with Crippen molar-refractivity contribution < 1.29 is 9.90 Å². The first-order valence-corrected chi connectivity index (χ1v) is 12.2. The van der Waals surface area contributed by atoms with Crippen molar-refractivity contribution in [2.24, 2.45) is 0 Å². The number of pyridine rings is 2. The van der Waals surface area contributed by atoms with E-state index < -0.39 is 5.91 Å². The molecule has 11 heteroatoms. The molecule has 36 heavy (non-hydrogen) atoms. The molecule has 0 spiro atoms. The summed E-state index contributed by atoms with van der Waals surface area (Å²) in [4.78, 5) is 32.6. The minimum Gasteiger partial charge on any atom is -0.504 e. The molecule has 0 aliphatic carbocycles. The zero-order valence-corrected chi connectivity index (χ0v) is 20.7. The Morgan fingerprint density at radius 3 is 2.44 bits per heavy atom. The zero-order chi connectivity index (χ0) is 25.1. The quantitative estimate of drug-likeness (QED) is 0.339. The molecule has 9 nitrogen and oxygen atoms in total. The number of anilines is 2. The van der Waals surface area contributed by atoms with Crippen LogP contribution >= 0.6 is 23.2 Å². The highest BCUT2D eigenvalue weighted by Gasteiger charge is 2.26. The van der Waals surface area contributed by atoms with Crippen molar-refractivity contribution in [1.29, 1.82) is 0 Å². The van der Waals surface area contributed by atoms with Crippen molar-refractivity contribution in [2.75, 3.05) is 23.3 Å². The number of rotatable bonds is 6. The van der Waals surface area contributed by atoms with Crippen molar-refractivity contribution in [3.63, 3.8) is 0 Å². The van der Waals surface area contributed by atoms with Gasteiger partial charge in [0.05, 0.1) is 0 Å². The van der Waals surface area contributed by atoms with Gasteiger partial charge in [-0.05, 0) is 54.8 Å². The molecule has 0 unspecified atom stereocenters. The molecule has 1 amide bonds. The fourth-order valence-corrected chi connectivity index (χ4v) is 4.85. The molecule has 5 rings (SSSR count). The van der Waals surface area contributed by atoms with Crippen molar-refractivity contribution in [2.45, 2.75) is 25.4 Å². The molecular weight excluding hydrogens is 501 g/mol. The highest BCUT2D eigenvalue weighted by atomic mass is 35.5. The van der Waals surface area contributed by atoms with E-state index in [0.29, 0.717) is 45.8 Å². The van der Waals surface area contributed by atoms with Gasteiger partial charge in [-0.1, -0.05) is 23.2 Å². The van der Waals surface area contributed by atoms with Crippen LogP contribution in [-0.4, -0.2) is 50.1 Å². The average Bonchev–Trinajstić information content (AvgIpc) is 2.88. The number of amides is 1. The van der Waals surface area contributed by atoms with Crippen LogP contribution in [0.25, 0.3) is 10.9 Å². The molecule has 0 atom stereocenters. The molecular formula is C25H23Cl2N7O2. The lowest BCUT2D eigenvalue weighted by Gasteiger charge is -2.34. The van der Waals surface area contributed by atoms with Crippen LogP contribution in [0.1, 0.15) is 28.9 Å². The fraction of sp³-hybridized carbons (Fsp3) is 0.240. The monoisotopic (exact) mass is 523 g/mol. The molecule has 0 radical (unpaired) electrons. The minimum atomic E-state index is -0.518. The van der Waals surface area contributed by atoms with E-state index in [1.807, 2.05) is 6.07 Å². The SMILES string of the molecule is O=C(NCc1cc(Cl)cc(Cl)c1)c1nc(N2CCC(Nc3ncccn3)CC2)c2cccnc2c1O. The summed E-state index contributed by atoms with van der Waals surface area (Å²) in [6.45, 7) is 1.58. The average molecular weight is 524 g/mol. The van der Waals surface area contributed by atoms with Crippen molar-refractivity contribution in [1.82, 2.24) is 25.3 Å². The second-order valence-corrected chi connectivity index (χ2v) is 9.34. The highest BCUT2D eigenvalue weighted by Crippen LogP contribution is 2.34. The third kappa shape index (κ3) is 5.27. The van der Waals surface area contributed by atoms with Gasteiger partial charge >= 0.3 is 0 Å². The minimum absolute atomic E-state index is 0.0812. The van der Waals surface area contributed by atoms with Gasteiger partial charge in [-0.2, -0.15) is 0 Å². The number of benzene rings is 1. The Kier molecular flexibility index (Phi) is 7.02. The van der Waals surface area contributed by atoms with E-state index in [-0.39, 0.29) is 24.0 Å². The van der Waals surface area contributed by atoms with E-state index in [0.717, 1.165) is 18.4 Å². The van der Waals surface area contributed by atoms with E-state index in [4.69, 9.17) is 23.2 Å². The molecule has 1 fully saturated rings. The van der Waals surface area contributed by atoms with E-state index in [1.54, 1.807) is 48.9 Å². The third-order valence-electron chi connectivity index (χ3n) is 6.00. The topological polar surface area (TPSA) is 116 Å². The molecule has 3 aromatic heterocycles. The summed E-state index contributed by atoms with van der Waals surface area (Å²) in [6.07, 6.45) is 6.66. The molecule has 184 valence electrons. The van der Waals surface area contributed by atoms with Crippen LogP contribution < -0.4 is 15.5 Å². The van der Waals surface area contributed by atoms with Gasteiger partial charge in [-0.15, -0.1) is 0 Å². The third-order valence-corrected chi connectivity index (χ3v) is 6.44. The molecule has 4 aromatic rings. The lowest BCUT2D eigenvalue weighted by atomic mass is 10.0. The Bertz CT molecular complexity index is 1380. The number of carbonyl (C=O) groups excluding carboxylic acids is 1. The maximum atomic E-state index is 13.1. The van der Waals surface area contributed by atoms with Gasteiger partial charge in [-0.25, -0.2) is 15.0 Å². The molecule has 3 N–H and O–H groups in total. The molecule has 1 aliphatic heterocycles. The Morgan fingerprint density at radius 2 is 1.72 bits per heavy atom. The molecule has 1 saturated heterocycles. The van der Waals surface area contributed by atoms with E-state index in [2.05, 4.69) is 35.5 Å². The Labute approximate surface area is 217 Å². The number of piperidine rings is 1. The van der Waals surface area contributed by atoms with E-state index >= 15 is 0 Å². The summed E-state index contributed by atoms with van der Waals surface area (Å²) in [5, 5.41) is 18.7. The Morgan fingerprint density at radius 1 is 1.03 bits per heavy atom. The lowest BCUT2D eigenvalue weighted by molar-refractivity contribution is 0.0943. The first kappa shape index (κ1) is 24.0. The highest BCUT2D eigenvalue weighted by molar-refractivity contribution is 6.34. The molecule has 0 saturated carbocycles. The molecule has 4 heterocycles. The zero-order valence-electron chi connectivity index (χ0n) is 19.2. The number of halogens is 2. The maximum Gasteiger partial charge on any atom is 0.274 e. The predicted octanol–water partition coefficient (Wildman–Crippen LogP) is 4.44. The van der Waals surface area contributed by atoms with Crippen LogP contribution in [0.3, 0.4) is 0 Å². The number of hydrogen-bond acceptors (Lipinski definition) is 8. The van der Waals surface area contributed by atoms with Gasteiger partial charge in [0.1, 0.15) is 11.3 Å². The molecule has 1 aliphatic rings. The standard InChI is InChI=1S/C25H23Cl2N7O2/c26-16-11-15(12-17(27)13-16)14-31-24(36)21-22(35)20-19(3-1-6-28-20)23(33-21)34-9-4-18(5-10-34)32-25-29-7-2-8-30-25/h1-3,6-8,11-13,18,35H,4-5,9-10,14H2,(H,31,36)(H,29,30,32).